The van der Waals surface area contributed by atoms with E-state index in [4.69, 9.17) is 0 Å². The van der Waals surface area contributed by atoms with E-state index in [-0.39, 0.29) is 24.3 Å². The van der Waals surface area contributed by atoms with Gasteiger partial charge < -0.3 is 15.6 Å². The number of amides is 4. The van der Waals surface area contributed by atoms with Gasteiger partial charge in [-0.25, -0.2) is 14.7 Å². The Morgan fingerprint density at radius 3 is 2.50 bits per heavy atom. The second-order valence-electron chi connectivity index (χ2n) is 7.64. The fraction of sp³-hybridized carbons (Fsp3) is 0.273. The minimum Gasteiger partial charge on any atom is -0.346 e. The molecule has 2 aromatic carbocycles. The SMILES string of the molecule is CC(C)[C@H](NC(=O)C[C@H]1NC(=O)N(c2ccccc2)C1=O)c1nc2ccccc2[nH]1. The van der Waals surface area contributed by atoms with Crippen LogP contribution < -0.4 is 15.5 Å². The van der Waals surface area contributed by atoms with Gasteiger partial charge >= 0.3 is 6.03 Å². The highest BCUT2D eigenvalue weighted by atomic mass is 16.2. The molecular formula is C22H23N5O3. The largest absolute Gasteiger partial charge is 0.346 e. The highest BCUT2D eigenvalue weighted by molar-refractivity contribution is 6.22. The molecule has 1 saturated heterocycles. The summed E-state index contributed by atoms with van der Waals surface area (Å²) in [6.07, 6.45) is -0.142. The third kappa shape index (κ3) is 3.76. The van der Waals surface area contributed by atoms with Gasteiger partial charge in [0.2, 0.25) is 5.91 Å². The van der Waals surface area contributed by atoms with Crippen LogP contribution in [0, 0.1) is 5.92 Å². The average molecular weight is 405 g/mol. The van der Waals surface area contributed by atoms with Gasteiger partial charge in [-0.05, 0) is 30.2 Å². The van der Waals surface area contributed by atoms with E-state index in [1.807, 2.05) is 38.1 Å². The van der Waals surface area contributed by atoms with Gasteiger partial charge in [-0.2, -0.15) is 0 Å². The van der Waals surface area contributed by atoms with Gasteiger partial charge in [0, 0.05) is 0 Å². The van der Waals surface area contributed by atoms with Crippen molar-refractivity contribution < 1.29 is 14.4 Å². The maximum Gasteiger partial charge on any atom is 0.329 e. The van der Waals surface area contributed by atoms with Crippen LogP contribution in [-0.2, 0) is 9.59 Å². The first-order chi connectivity index (χ1) is 14.4. The number of hydrogen-bond donors (Lipinski definition) is 3. The van der Waals surface area contributed by atoms with Crippen LogP contribution in [0.3, 0.4) is 0 Å². The number of anilines is 1. The van der Waals surface area contributed by atoms with Crippen LogP contribution >= 0.6 is 0 Å². The molecule has 0 saturated carbocycles. The Bertz CT molecular complexity index is 1060. The topological polar surface area (TPSA) is 107 Å². The number of para-hydroxylation sites is 3. The standard InChI is InChI=1S/C22H23N5O3/c1-13(2)19(20-23-15-10-6-7-11-16(15)24-20)26-18(28)12-17-21(29)27(22(30)25-17)14-8-4-3-5-9-14/h3-11,13,17,19H,12H2,1-2H3,(H,23,24)(H,25,30)(H,26,28)/t17-,19+/m1/s1. The molecule has 0 spiro atoms. The van der Waals surface area contributed by atoms with Gasteiger partial charge in [0.15, 0.2) is 0 Å². The van der Waals surface area contributed by atoms with Gasteiger partial charge in [-0.1, -0.05) is 44.2 Å². The van der Waals surface area contributed by atoms with Gasteiger partial charge in [-0.15, -0.1) is 0 Å². The molecule has 3 aromatic rings. The fourth-order valence-corrected chi connectivity index (χ4v) is 3.58. The third-order valence-electron chi connectivity index (χ3n) is 5.11. The summed E-state index contributed by atoms with van der Waals surface area (Å²) in [4.78, 5) is 46.6. The van der Waals surface area contributed by atoms with Crippen molar-refractivity contribution in [3.8, 4) is 0 Å². The molecule has 8 nitrogen and oxygen atoms in total. The summed E-state index contributed by atoms with van der Waals surface area (Å²) in [7, 11) is 0. The first-order valence-electron chi connectivity index (χ1n) is 9.87. The van der Waals surface area contributed by atoms with E-state index in [1.165, 1.54) is 0 Å². The van der Waals surface area contributed by atoms with E-state index >= 15 is 0 Å². The van der Waals surface area contributed by atoms with Crippen molar-refractivity contribution in [2.45, 2.75) is 32.4 Å². The minimum absolute atomic E-state index is 0.0733. The second kappa shape index (κ2) is 7.98. The number of H-pyrrole nitrogens is 1. The monoisotopic (exact) mass is 405 g/mol. The van der Waals surface area contributed by atoms with Gasteiger partial charge in [0.05, 0.1) is 29.2 Å². The highest BCUT2D eigenvalue weighted by Gasteiger charge is 2.40. The normalized spacial score (nSPS) is 17.4. The van der Waals surface area contributed by atoms with E-state index in [0.717, 1.165) is 15.9 Å². The van der Waals surface area contributed by atoms with Gasteiger partial charge in [0.1, 0.15) is 11.9 Å². The van der Waals surface area contributed by atoms with Crippen molar-refractivity contribution in [2.75, 3.05) is 4.90 Å². The molecule has 0 aliphatic carbocycles. The van der Waals surface area contributed by atoms with Gasteiger partial charge in [-0.3, -0.25) is 9.59 Å². The number of rotatable bonds is 6. The van der Waals surface area contributed by atoms with Crippen LogP contribution in [-0.4, -0.2) is 33.9 Å². The number of carbonyl (C=O) groups is 3. The van der Waals surface area contributed by atoms with Crippen LogP contribution in [0.15, 0.2) is 54.6 Å². The number of nitrogens with zero attached hydrogens (tertiary/aromatic N) is 2. The number of carbonyl (C=O) groups excluding carboxylic acids is 3. The summed E-state index contributed by atoms with van der Waals surface area (Å²) in [6, 6.07) is 14.5. The van der Waals surface area contributed by atoms with Crippen molar-refractivity contribution in [1.29, 1.82) is 0 Å². The molecule has 154 valence electrons. The Morgan fingerprint density at radius 1 is 1.10 bits per heavy atom. The Hall–Kier alpha value is -3.68. The predicted octanol–water partition coefficient (Wildman–Crippen LogP) is 2.89. The molecule has 0 bridgehead atoms. The number of imide groups is 1. The summed E-state index contributed by atoms with van der Waals surface area (Å²) < 4.78 is 0. The van der Waals surface area contributed by atoms with E-state index in [9.17, 15) is 14.4 Å². The molecule has 1 aromatic heterocycles. The number of aromatic nitrogens is 2. The molecule has 3 N–H and O–H groups in total. The zero-order valence-corrected chi connectivity index (χ0v) is 16.8. The molecule has 0 radical (unpaired) electrons. The van der Waals surface area contributed by atoms with Crippen LogP contribution in [0.1, 0.15) is 32.1 Å². The Morgan fingerprint density at radius 2 is 1.80 bits per heavy atom. The Labute approximate surface area is 173 Å². The second-order valence-corrected chi connectivity index (χ2v) is 7.64. The minimum atomic E-state index is -0.902. The summed E-state index contributed by atoms with van der Waals surface area (Å²) in [5.74, 6) is -0.0367. The predicted molar refractivity (Wildman–Crippen MR) is 113 cm³/mol. The number of nitrogens with one attached hydrogen (secondary N) is 3. The maximum atomic E-state index is 12.7. The molecule has 2 atom stereocenters. The highest BCUT2D eigenvalue weighted by Crippen LogP contribution is 2.23. The summed E-state index contributed by atoms with van der Waals surface area (Å²) in [5, 5.41) is 5.56. The van der Waals surface area contributed by atoms with Crippen LogP contribution in [0.2, 0.25) is 0 Å². The molecule has 8 heteroatoms. The molecule has 1 fully saturated rings. The van der Waals surface area contributed by atoms with Crippen molar-refractivity contribution in [3.05, 3.63) is 60.4 Å². The molecule has 4 amide bonds. The van der Waals surface area contributed by atoms with E-state index in [1.54, 1.807) is 30.3 Å². The summed E-state index contributed by atoms with van der Waals surface area (Å²) >= 11 is 0. The van der Waals surface area contributed by atoms with E-state index in [0.29, 0.717) is 11.5 Å². The van der Waals surface area contributed by atoms with Crippen LogP contribution in [0.4, 0.5) is 10.5 Å². The molecule has 0 unspecified atom stereocenters. The third-order valence-corrected chi connectivity index (χ3v) is 5.11. The van der Waals surface area contributed by atoms with E-state index < -0.39 is 18.0 Å². The first-order valence-corrected chi connectivity index (χ1v) is 9.87. The van der Waals surface area contributed by atoms with Crippen molar-refractivity contribution in [1.82, 2.24) is 20.6 Å². The number of aromatic amines is 1. The van der Waals surface area contributed by atoms with Gasteiger partial charge in [0.25, 0.3) is 5.91 Å². The number of imidazole rings is 1. The van der Waals surface area contributed by atoms with Crippen molar-refractivity contribution >= 4 is 34.6 Å². The average Bonchev–Trinajstić information content (AvgIpc) is 3.27. The zero-order valence-electron chi connectivity index (χ0n) is 16.8. The lowest BCUT2D eigenvalue weighted by molar-refractivity contribution is -0.126. The lowest BCUT2D eigenvalue weighted by atomic mass is 10.0. The quantitative estimate of drug-likeness (QED) is 0.548. The number of hydrogen-bond acceptors (Lipinski definition) is 4. The van der Waals surface area contributed by atoms with Crippen LogP contribution in [0.25, 0.3) is 11.0 Å². The molecule has 2 heterocycles. The number of benzene rings is 2. The Balaban J connectivity index is 1.46. The van der Waals surface area contributed by atoms with Crippen molar-refractivity contribution in [2.24, 2.45) is 5.92 Å². The lowest BCUT2D eigenvalue weighted by Crippen LogP contribution is -2.39. The van der Waals surface area contributed by atoms with Crippen LogP contribution in [0.5, 0.6) is 0 Å². The Kier molecular flexibility index (Phi) is 5.22. The molecule has 4 rings (SSSR count). The summed E-state index contributed by atoms with van der Waals surface area (Å²) in [6.45, 7) is 3.97. The van der Waals surface area contributed by atoms with E-state index in [2.05, 4.69) is 20.6 Å². The smallest absolute Gasteiger partial charge is 0.329 e. The molecular weight excluding hydrogens is 382 g/mol. The molecule has 1 aliphatic rings. The first kappa shape index (κ1) is 19.6. The summed E-state index contributed by atoms with van der Waals surface area (Å²) in [5.41, 5.74) is 2.19. The molecule has 30 heavy (non-hydrogen) atoms. The fourth-order valence-electron chi connectivity index (χ4n) is 3.58. The lowest BCUT2D eigenvalue weighted by Gasteiger charge is -2.21. The molecule has 1 aliphatic heterocycles. The van der Waals surface area contributed by atoms with Crippen molar-refractivity contribution in [3.63, 3.8) is 0 Å². The number of urea groups is 1. The zero-order chi connectivity index (χ0) is 21.3. The number of fused-ring (bicyclic) bond motifs is 1. The maximum absolute atomic E-state index is 12.7.